The first kappa shape index (κ1) is 33.2. The smallest absolute Gasteiger partial charge is 0.142 e. The highest BCUT2D eigenvalue weighted by Gasteiger charge is 2.16. The van der Waals surface area contributed by atoms with Crippen molar-refractivity contribution in [3.8, 4) is 40.0 Å². The largest absolute Gasteiger partial charge is 0.493 e. The van der Waals surface area contributed by atoms with Crippen LogP contribution in [0.3, 0.4) is 0 Å². The van der Waals surface area contributed by atoms with Gasteiger partial charge in [-0.25, -0.2) is 9.97 Å². The number of hydrogen-bond acceptors (Lipinski definition) is 9. The first-order valence-corrected chi connectivity index (χ1v) is 15.8. The Morgan fingerprint density at radius 1 is 0.609 bits per heavy atom. The Labute approximate surface area is 270 Å². The van der Waals surface area contributed by atoms with Gasteiger partial charge in [0.2, 0.25) is 0 Å². The lowest BCUT2D eigenvalue weighted by Gasteiger charge is -2.12. The average Bonchev–Trinajstić information content (AvgIpc) is 3.67. The zero-order chi connectivity index (χ0) is 32.3. The van der Waals surface area contributed by atoms with Crippen LogP contribution in [0.25, 0.3) is 44.8 Å². The number of ether oxygens (including phenoxy) is 5. The molecule has 0 aliphatic rings. The molecule has 0 aliphatic carbocycles. The minimum atomic E-state index is 0.375. The van der Waals surface area contributed by atoms with Crippen molar-refractivity contribution in [2.75, 3.05) is 88.0 Å². The van der Waals surface area contributed by atoms with Crippen molar-refractivity contribution < 1.29 is 23.7 Å². The topological polar surface area (TPSA) is 110 Å². The summed E-state index contributed by atoms with van der Waals surface area (Å²) in [6.45, 7) is 5.14. The van der Waals surface area contributed by atoms with E-state index in [0.717, 1.165) is 76.4 Å². The van der Waals surface area contributed by atoms with Gasteiger partial charge in [-0.05, 0) is 77.4 Å². The van der Waals surface area contributed by atoms with Gasteiger partial charge in [0.1, 0.15) is 35.5 Å². The predicted octanol–water partition coefficient (Wildman–Crippen LogP) is 5.48. The molecule has 2 aromatic heterocycles. The van der Waals surface area contributed by atoms with E-state index in [1.54, 1.807) is 7.11 Å². The van der Waals surface area contributed by atoms with E-state index in [1.807, 2.05) is 54.6 Å². The summed E-state index contributed by atoms with van der Waals surface area (Å²) in [7, 11) is 9.91. The quantitative estimate of drug-likeness (QED) is 0.115. The highest BCUT2D eigenvalue weighted by atomic mass is 16.5. The Kier molecular flexibility index (Phi) is 11.9. The molecule has 0 radical (unpaired) electrons. The summed E-state index contributed by atoms with van der Waals surface area (Å²) in [5.74, 6) is 3.77. The average molecular weight is 631 g/mol. The molecular formula is C35H46N6O5. The van der Waals surface area contributed by atoms with Gasteiger partial charge in [-0.2, -0.15) is 0 Å². The lowest BCUT2D eigenvalue weighted by Crippen LogP contribution is -2.15. The molecule has 0 saturated heterocycles. The number of nitrogens with zero attached hydrogens (tertiary/aromatic N) is 4. The van der Waals surface area contributed by atoms with Crippen molar-refractivity contribution in [1.29, 1.82) is 0 Å². The Morgan fingerprint density at radius 3 is 1.80 bits per heavy atom. The van der Waals surface area contributed by atoms with Crippen molar-refractivity contribution in [2.45, 2.75) is 12.8 Å². The Bertz CT molecular complexity index is 1680. The summed E-state index contributed by atoms with van der Waals surface area (Å²) in [5, 5.41) is 0. The fourth-order valence-corrected chi connectivity index (χ4v) is 5.00. The van der Waals surface area contributed by atoms with E-state index in [4.69, 9.17) is 33.7 Å². The fraction of sp³-hybridized carbons (Fsp3) is 0.429. The third kappa shape index (κ3) is 9.20. The Morgan fingerprint density at radius 2 is 1.20 bits per heavy atom. The van der Waals surface area contributed by atoms with Gasteiger partial charge in [0.05, 0.1) is 60.7 Å². The number of aromatic amines is 2. The van der Waals surface area contributed by atoms with Crippen LogP contribution in [0.5, 0.6) is 17.2 Å². The maximum absolute atomic E-state index is 6.28. The van der Waals surface area contributed by atoms with Gasteiger partial charge in [-0.3, -0.25) is 0 Å². The van der Waals surface area contributed by atoms with Gasteiger partial charge >= 0.3 is 0 Å². The second-order valence-corrected chi connectivity index (χ2v) is 11.7. The highest BCUT2D eigenvalue weighted by molar-refractivity contribution is 5.84. The molecule has 46 heavy (non-hydrogen) atoms. The minimum absolute atomic E-state index is 0.375. The molecule has 5 rings (SSSR count). The number of aromatic nitrogens is 4. The van der Waals surface area contributed by atoms with Crippen molar-refractivity contribution in [2.24, 2.45) is 0 Å². The van der Waals surface area contributed by atoms with Crippen LogP contribution in [-0.4, -0.2) is 118 Å². The molecule has 0 fully saturated rings. The summed E-state index contributed by atoms with van der Waals surface area (Å²) in [6.07, 6.45) is 1.92. The van der Waals surface area contributed by atoms with Crippen LogP contribution >= 0.6 is 0 Å². The number of methoxy groups -OCH3 is 1. The standard InChI is InChI=1S/C35H46N6O5/c1-40(2)14-6-16-44-26-9-12-29-31(23-26)38-34(36-29)25-8-11-28(33(22-25)46-21-20-43-19-18-42-5)35-37-30-13-10-27(24-32(30)39-35)45-17-7-15-41(3)4/h8-13,22-24H,6-7,14-21H2,1-5H3,(H,36,38)(H,37,39). The van der Waals surface area contributed by atoms with E-state index in [1.165, 1.54) is 0 Å². The first-order valence-electron chi connectivity index (χ1n) is 15.8. The molecule has 11 heteroatoms. The SMILES string of the molecule is COCCOCCOc1cc(-c2nc3ccc(OCCCN(C)C)cc3[nH]2)ccc1-c1nc2ccc(OCCCN(C)C)cc2[nH]1. The molecule has 5 aromatic rings. The van der Waals surface area contributed by atoms with Gasteiger partial charge in [0.15, 0.2) is 0 Å². The van der Waals surface area contributed by atoms with Crippen molar-refractivity contribution >= 4 is 22.1 Å². The molecule has 0 atom stereocenters. The molecule has 2 N–H and O–H groups in total. The molecule has 0 saturated carbocycles. The number of rotatable bonds is 19. The van der Waals surface area contributed by atoms with Crippen molar-refractivity contribution in [3.05, 3.63) is 54.6 Å². The molecule has 246 valence electrons. The van der Waals surface area contributed by atoms with Gasteiger partial charge in [0.25, 0.3) is 0 Å². The van der Waals surface area contributed by atoms with Crippen LogP contribution < -0.4 is 14.2 Å². The van der Waals surface area contributed by atoms with Gasteiger partial charge < -0.3 is 43.5 Å². The summed E-state index contributed by atoms with van der Waals surface area (Å²) in [6, 6.07) is 17.9. The van der Waals surface area contributed by atoms with Crippen LogP contribution in [0.4, 0.5) is 0 Å². The third-order valence-electron chi connectivity index (χ3n) is 7.37. The van der Waals surface area contributed by atoms with E-state index in [-0.39, 0.29) is 0 Å². The van der Waals surface area contributed by atoms with E-state index >= 15 is 0 Å². The number of fused-ring (bicyclic) bond motifs is 2. The van der Waals surface area contributed by atoms with E-state index in [9.17, 15) is 0 Å². The first-order chi connectivity index (χ1) is 22.4. The van der Waals surface area contributed by atoms with E-state index in [2.05, 4.69) is 48.0 Å². The third-order valence-corrected chi connectivity index (χ3v) is 7.37. The van der Waals surface area contributed by atoms with Crippen LogP contribution in [-0.2, 0) is 9.47 Å². The number of imidazole rings is 2. The second kappa shape index (κ2) is 16.4. The molecule has 0 spiro atoms. The van der Waals surface area contributed by atoms with Crippen LogP contribution in [0.2, 0.25) is 0 Å². The Balaban J connectivity index is 1.36. The lowest BCUT2D eigenvalue weighted by molar-refractivity contribution is 0.0545. The molecule has 0 unspecified atom stereocenters. The van der Waals surface area contributed by atoms with Crippen molar-refractivity contribution in [1.82, 2.24) is 29.7 Å². The zero-order valence-corrected chi connectivity index (χ0v) is 27.6. The number of H-pyrrole nitrogens is 2. The van der Waals surface area contributed by atoms with Crippen LogP contribution in [0.15, 0.2) is 54.6 Å². The van der Waals surface area contributed by atoms with E-state index < -0.39 is 0 Å². The highest BCUT2D eigenvalue weighted by Crippen LogP contribution is 2.35. The molecule has 0 bridgehead atoms. The summed E-state index contributed by atoms with van der Waals surface area (Å²) in [4.78, 5) is 21.0. The normalized spacial score (nSPS) is 11.7. The summed E-state index contributed by atoms with van der Waals surface area (Å²) in [5.41, 5.74) is 5.27. The molecule has 0 amide bonds. The monoisotopic (exact) mass is 630 g/mol. The maximum Gasteiger partial charge on any atom is 0.142 e. The van der Waals surface area contributed by atoms with Crippen LogP contribution in [0, 0.1) is 0 Å². The second-order valence-electron chi connectivity index (χ2n) is 11.7. The molecule has 3 aromatic carbocycles. The summed E-state index contributed by atoms with van der Waals surface area (Å²) < 4.78 is 29.0. The molecule has 0 aliphatic heterocycles. The maximum atomic E-state index is 6.28. The van der Waals surface area contributed by atoms with Gasteiger partial charge in [-0.1, -0.05) is 6.07 Å². The van der Waals surface area contributed by atoms with E-state index in [0.29, 0.717) is 51.2 Å². The molecular weight excluding hydrogens is 584 g/mol. The van der Waals surface area contributed by atoms with Crippen molar-refractivity contribution in [3.63, 3.8) is 0 Å². The number of nitrogens with one attached hydrogen (secondary N) is 2. The minimum Gasteiger partial charge on any atom is -0.493 e. The van der Waals surface area contributed by atoms with Gasteiger partial charge in [-0.15, -0.1) is 0 Å². The number of hydrogen-bond donors (Lipinski definition) is 2. The number of benzene rings is 3. The zero-order valence-electron chi connectivity index (χ0n) is 27.6. The van der Waals surface area contributed by atoms with Gasteiger partial charge in [0, 0.05) is 37.9 Å². The molecule has 2 heterocycles. The fourth-order valence-electron chi connectivity index (χ4n) is 5.00. The molecule has 11 nitrogen and oxygen atoms in total. The Hall–Kier alpha value is -4.16. The predicted molar refractivity (Wildman–Crippen MR) is 182 cm³/mol. The lowest BCUT2D eigenvalue weighted by atomic mass is 10.1. The summed E-state index contributed by atoms with van der Waals surface area (Å²) >= 11 is 0. The van der Waals surface area contributed by atoms with Crippen LogP contribution in [0.1, 0.15) is 12.8 Å².